The molecule has 0 bridgehead atoms. The van der Waals surface area contributed by atoms with Crippen LogP contribution in [-0.2, 0) is 6.18 Å². The molecular formula is C8H5ClF5NO. The van der Waals surface area contributed by atoms with E-state index in [0.29, 0.717) is 12.1 Å². The van der Waals surface area contributed by atoms with Gasteiger partial charge in [-0.25, -0.2) is 0 Å². The third kappa shape index (κ3) is 2.88. The Labute approximate surface area is 91.7 Å². The Morgan fingerprint density at radius 1 is 1.25 bits per heavy atom. The molecule has 0 saturated carbocycles. The van der Waals surface area contributed by atoms with Crippen LogP contribution in [0.5, 0.6) is 5.75 Å². The van der Waals surface area contributed by atoms with Crippen molar-refractivity contribution < 1.29 is 26.7 Å². The van der Waals surface area contributed by atoms with E-state index in [1.165, 1.54) is 0 Å². The molecule has 0 unspecified atom stereocenters. The number of nitrogens with two attached hydrogens (primary N) is 1. The van der Waals surface area contributed by atoms with Gasteiger partial charge in [0.15, 0.2) is 0 Å². The van der Waals surface area contributed by atoms with Crippen molar-refractivity contribution in [2.45, 2.75) is 12.8 Å². The summed E-state index contributed by atoms with van der Waals surface area (Å²) in [5.74, 6) is -0.802. The fourth-order valence-corrected chi connectivity index (χ4v) is 1.12. The molecule has 0 amide bonds. The minimum Gasteiger partial charge on any atom is -0.433 e. The molecule has 0 aliphatic rings. The molecule has 0 aliphatic carbocycles. The van der Waals surface area contributed by atoms with E-state index in [9.17, 15) is 22.0 Å². The topological polar surface area (TPSA) is 35.2 Å². The van der Waals surface area contributed by atoms with Gasteiger partial charge in [0.2, 0.25) is 0 Å². The van der Waals surface area contributed by atoms with Gasteiger partial charge in [0.05, 0.1) is 11.3 Å². The second-order valence-corrected chi connectivity index (χ2v) is 3.13. The van der Waals surface area contributed by atoms with Gasteiger partial charge in [-0.15, -0.1) is 0 Å². The Hall–Kier alpha value is -1.24. The molecule has 0 heterocycles. The van der Waals surface area contributed by atoms with Crippen LogP contribution in [0.3, 0.4) is 0 Å². The van der Waals surface area contributed by atoms with Gasteiger partial charge in [0.25, 0.3) is 0 Å². The van der Waals surface area contributed by atoms with Crippen LogP contribution in [0.2, 0.25) is 5.02 Å². The van der Waals surface area contributed by atoms with Gasteiger partial charge in [-0.2, -0.15) is 22.0 Å². The van der Waals surface area contributed by atoms with Crippen LogP contribution >= 0.6 is 11.6 Å². The smallest absolute Gasteiger partial charge is 0.416 e. The zero-order valence-electron chi connectivity index (χ0n) is 7.49. The van der Waals surface area contributed by atoms with E-state index in [2.05, 4.69) is 4.74 Å². The molecule has 1 rings (SSSR count). The lowest BCUT2D eigenvalue weighted by molar-refractivity contribution is -0.138. The third-order valence-corrected chi connectivity index (χ3v) is 2.02. The number of rotatable bonds is 2. The second kappa shape index (κ2) is 4.32. The zero-order chi connectivity index (χ0) is 12.5. The molecule has 2 nitrogen and oxygen atoms in total. The average molecular weight is 262 g/mol. The lowest BCUT2D eigenvalue weighted by Crippen LogP contribution is -2.09. The predicted octanol–water partition coefficient (Wildman–Crippen LogP) is 3.54. The summed E-state index contributed by atoms with van der Waals surface area (Å²) in [4.78, 5) is 0. The summed E-state index contributed by atoms with van der Waals surface area (Å²) >= 11 is 5.41. The minimum atomic E-state index is -4.71. The highest BCUT2D eigenvalue weighted by Gasteiger charge is 2.32. The van der Waals surface area contributed by atoms with E-state index in [0.717, 1.165) is 0 Å². The van der Waals surface area contributed by atoms with E-state index < -0.39 is 34.8 Å². The van der Waals surface area contributed by atoms with Crippen molar-refractivity contribution in [3.05, 3.63) is 22.7 Å². The van der Waals surface area contributed by atoms with Crippen LogP contribution in [0.1, 0.15) is 5.56 Å². The molecule has 2 N–H and O–H groups in total. The van der Waals surface area contributed by atoms with Gasteiger partial charge in [0.1, 0.15) is 10.8 Å². The number of hydrogen-bond donors (Lipinski definition) is 1. The van der Waals surface area contributed by atoms with E-state index >= 15 is 0 Å². The van der Waals surface area contributed by atoms with E-state index in [-0.39, 0.29) is 0 Å². The summed E-state index contributed by atoms with van der Waals surface area (Å²) < 4.78 is 64.4. The SMILES string of the molecule is Nc1cc(C(F)(F)F)cc(OC(F)F)c1Cl. The largest absolute Gasteiger partial charge is 0.433 e. The van der Waals surface area contributed by atoms with E-state index in [1.54, 1.807) is 0 Å². The van der Waals surface area contributed by atoms with Crippen LogP contribution in [-0.4, -0.2) is 6.61 Å². The quantitative estimate of drug-likeness (QED) is 0.653. The molecular weight excluding hydrogens is 257 g/mol. The fraction of sp³-hybridized carbons (Fsp3) is 0.250. The Kier molecular flexibility index (Phi) is 3.47. The van der Waals surface area contributed by atoms with Crippen LogP contribution in [0, 0.1) is 0 Å². The highest BCUT2D eigenvalue weighted by atomic mass is 35.5. The minimum absolute atomic E-state index is 0.366. The molecule has 0 aromatic heterocycles. The molecule has 1 aromatic carbocycles. The van der Waals surface area contributed by atoms with Crippen LogP contribution in [0.4, 0.5) is 27.6 Å². The summed E-state index contributed by atoms with van der Waals surface area (Å²) in [5.41, 5.74) is 3.45. The Balaban J connectivity index is 3.22. The number of alkyl halides is 5. The first-order valence-electron chi connectivity index (χ1n) is 3.83. The second-order valence-electron chi connectivity index (χ2n) is 2.75. The summed E-state index contributed by atoms with van der Waals surface area (Å²) in [6.07, 6.45) is -4.71. The molecule has 8 heteroatoms. The van der Waals surface area contributed by atoms with Gasteiger partial charge in [-0.3, -0.25) is 0 Å². The molecule has 16 heavy (non-hydrogen) atoms. The lowest BCUT2D eigenvalue weighted by atomic mass is 10.2. The number of anilines is 1. The standard InChI is InChI=1S/C8H5ClF5NO/c9-6-4(15)1-3(8(12,13)14)2-5(6)16-7(10)11/h1-2,7H,15H2. The summed E-state index contributed by atoms with van der Waals surface area (Å²) in [5, 5.41) is -0.478. The van der Waals surface area contributed by atoms with Gasteiger partial charge in [-0.05, 0) is 12.1 Å². The maximum Gasteiger partial charge on any atom is 0.416 e. The molecule has 0 aliphatic heterocycles. The first-order chi connectivity index (χ1) is 7.21. The van der Waals surface area contributed by atoms with Crippen LogP contribution in [0.25, 0.3) is 0 Å². The number of ether oxygens (including phenoxy) is 1. The molecule has 1 aromatic rings. The number of nitrogen functional groups attached to an aromatic ring is 1. The average Bonchev–Trinajstić information content (AvgIpc) is 2.10. The summed E-state index contributed by atoms with van der Waals surface area (Å²) in [6.45, 7) is -3.28. The van der Waals surface area contributed by atoms with E-state index in [1.807, 2.05) is 0 Å². The number of halogens is 6. The van der Waals surface area contributed by atoms with Gasteiger partial charge >= 0.3 is 12.8 Å². The van der Waals surface area contributed by atoms with Gasteiger partial charge in [0, 0.05) is 0 Å². The number of hydrogen-bond acceptors (Lipinski definition) is 2. The van der Waals surface area contributed by atoms with Crippen molar-refractivity contribution in [1.82, 2.24) is 0 Å². The highest BCUT2D eigenvalue weighted by molar-refractivity contribution is 6.34. The predicted molar refractivity (Wildman–Crippen MR) is 47.5 cm³/mol. The van der Waals surface area contributed by atoms with Crippen molar-refractivity contribution in [2.75, 3.05) is 5.73 Å². The fourth-order valence-electron chi connectivity index (χ4n) is 0.965. The molecule has 0 saturated heterocycles. The van der Waals surface area contributed by atoms with Crippen molar-refractivity contribution >= 4 is 17.3 Å². The summed E-state index contributed by atoms with van der Waals surface area (Å²) in [7, 11) is 0. The summed E-state index contributed by atoms with van der Waals surface area (Å²) in [6, 6.07) is 0.908. The molecule has 0 fully saturated rings. The van der Waals surface area contributed by atoms with Crippen molar-refractivity contribution in [3.63, 3.8) is 0 Å². The molecule has 0 spiro atoms. The van der Waals surface area contributed by atoms with Crippen molar-refractivity contribution in [2.24, 2.45) is 0 Å². The Morgan fingerprint density at radius 3 is 2.25 bits per heavy atom. The molecule has 0 radical (unpaired) electrons. The molecule has 0 atom stereocenters. The van der Waals surface area contributed by atoms with Crippen LogP contribution in [0.15, 0.2) is 12.1 Å². The van der Waals surface area contributed by atoms with Crippen molar-refractivity contribution in [1.29, 1.82) is 0 Å². The van der Waals surface area contributed by atoms with E-state index in [4.69, 9.17) is 17.3 Å². The van der Waals surface area contributed by atoms with Crippen molar-refractivity contribution in [3.8, 4) is 5.75 Å². The maximum absolute atomic E-state index is 12.3. The first kappa shape index (κ1) is 12.8. The Bertz CT molecular complexity index is 393. The Morgan fingerprint density at radius 2 is 1.81 bits per heavy atom. The maximum atomic E-state index is 12.3. The van der Waals surface area contributed by atoms with Gasteiger partial charge in [-0.1, -0.05) is 11.6 Å². The number of benzene rings is 1. The van der Waals surface area contributed by atoms with Crippen LogP contribution < -0.4 is 10.5 Å². The highest BCUT2D eigenvalue weighted by Crippen LogP contribution is 2.39. The third-order valence-electron chi connectivity index (χ3n) is 1.61. The first-order valence-corrected chi connectivity index (χ1v) is 4.20. The lowest BCUT2D eigenvalue weighted by Gasteiger charge is -2.13. The zero-order valence-corrected chi connectivity index (χ0v) is 8.24. The van der Waals surface area contributed by atoms with Gasteiger partial charge < -0.3 is 10.5 Å². The monoisotopic (exact) mass is 261 g/mol. The normalized spacial score (nSPS) is 11.9. The molecule has 90 valence electrons.